The predicted octanol–water partition coefficient (Wildman–Crippen LogP) is 3.03. The molecule has 11 heteroatoms. The number of rotatable bonds is 4. The van der Waals surface area contributed by atoms with Crippen molar-refractivity contribution >= 4 is 23.0 Å². The van der Waals surface area contributed by atoms with Gasteiger partial charge in [-0.2, -0.15) is 0 Å². The van der Waals surface area contributed by atoms with E-state index in [1.54, 1.807) is 12.3 Å². The van der Waals surface area contributed by atoms with Crippen LogP contribution in [-0.2, 0) is 0 Å². The fraction of sp³-hybridized carbons (Fsp3) is 0.227. The molecular weight excluding hydrogens is 437 g/mol. The number of piperidine rings is 1. The van der Waals surface area contributed by atoms with Crippen molar-refractivity contribution in [1.82, 2.24) is 9.97 Å². The highest BCUT2D eigenvalue weighted by atomic mass is 19.1. The van der Waals surface area contributed by atoms with Crippen molar-refractivity contribution in [3.05, 3.63) is 59.8 Å². The Kier molecular flexibility index (Phi) is 6.05. The number of halogens is 3. The molecule has 3 heterocycles. The SMILES string of the molecule is Nc1cc(F)c(-c2c(F)ccc(O)c2F)nc1C(=O)Nc1cnccc1N1CCC[C@H](N)C1. The quantitative estimate of drug-likeness (QED) is 0.473. The van der Waals surface area contributed by atoms with E-state index in [-0.39, 0.29) is 11.7 Å². The lowest BCUT2D eigenvalue weighted by Gasteiger charge is -2.33. The molecule has 0 radical (unpaired) electrons. The highest BCUT2D eigenvalue weighted by Gasteiger charge is 2.25. The minimum absolute atomic E-state index is 0.0143. The second-order valence-electron chi connectivity index (χ2n) is 7.71. The molecule has 0 unspecified atom stereocenters. The maximum Gasteiger partial charge on any atom is 0.276 e. The van der Waals surface area contributed by atoms with Crippen molar-refractivity contribution in [3.8, 4) is 17.0 Å². The summed E-state index contributed by atoms with van der Waals surface area (Å²) in [4.78, 5) is 22.8. The van der Waals surface area contributed by atoms with E-state index in [1.165, 1.54) is 6.20 Å². The van der Waals surface area contributed by atoms with Crippen LogP contribution in [0, 0.1) is 17.5 Å². The monoisotopic (exact) mass is 458 g/mol. The van der Waals surface area contributed by atoms with Crippen LogP contribution in [0.5, 0.6) is 5.75 Å². The van der Waals surface area contributed by atoms with Crippen molar-refractivity contribution in [2.45, 2.75) is 18.9 Å². The number of nitrogens with zero attached hydrogens (tertiary/aromatic N) is 3. The zero-order valence-corrected chi connectivity index (χ0v) is 17.4. The van der Waals surface area contributed by atoms with Crippen LogP contribution in [0.15, 0.2) is 36.7 Å². The summed E-state index contributed by atoms with van der Waals surface area (Å²) >= 11 is 0. The van der Waals surface area contributed by atoms with Crippen molar-refractivity contribution in [2.75, 3.05) is 29.0 Å². The van der Waals surface area contributed by atoms with Crippen LogP contribution >= 0.6 is 0 Å². The molecule has 1 amide bonds. The summed E-state index contributed by atoms with van der Waals surface area (Å²) in [6, 6.07) is 4.00. The average molecular weight is 458 g/mol. The molecule has 0 bridgehead atoms. The van der Waals surface area contributed by atoms with Crippen molar-refractivity contribution in [3.63, 3.8) is 0 Å². The largest absolute Gasteiger partial charge is 0.505 e. The minimum atomic E-state index is -1.41. The van der Waals surface area contributed by atoms with Gasteiger partial charge in [0, 0.05) is 31.4 Å². The Hall–Kier alpha value is -3.86. The van der Waals surface area contributed by atoms with Crippen LogP contribution in [0.3, 0.4) is 0 Å². The number of benzene rings is 1. The number of hydrogen-bond acceptors (Lipinski definition) is 7. The average Bonchev–Trinajstić information content (AvgIpc) is 2.78. The summed E-state index contributed by atoms with van der Waals surface area (Å²) in [5, 5.41) is 12.2. The molecule has 1 aliphatic rings. The van der Waals surface area contributed by atoms with E-state index >= 15 is 0 Å². The first-order chi connectivity index (χ1) is 15.8. The molecule has 0 spiro atoms. The van der Waals surface area contributed by atoms with Crippen LogP contribution in [-0.4, -0.2) is 40.1 Å². The fourth-order valence-electron chi connectivity index (χ4n) is 3.79. The molecular formula is C22H21F3N6O2. The highest BCUT2D eigenvalue weighted by Crippen LogP contribution is 2.33. The summed E-state index contributed by atoms with van der Waals surface area (Å²) in [6.07, 6.45) is 4.78. The molecule has 33 heavy (non-hydrogen) atoms. The van der Waals surface area contributed by atoms with Crippen LogP contribution in [0.25, 0.3) is 11.3 Å². The molecule has 1 fully saturated rings. The van der Waals surface area contributed by atoms with Crippen LogP contribution < -0.4 is 21.7 Å². The van der Waals surface area contributed by atoms with Gasteiger partial charge in [-0.15, -0.1) is 0 Å². The third-order valence-corrected chi connectivity index (χ3v) is 5.37. The molecule has 6 N–H and O–H groups in total. The van der Waals surface area contributed by atoms with Gasteiger partial charge >= 0.3 is 0 Å². The summed E-state index contributed by atoms with van der Waals surface area (Å²) < 4.78 is 43.1. The predicted molar refractivity (Wildman–Crippen MR) is 117 cm³/mol. The number of amides is 1. The molecule has 1 aliphatic heterocycles. The Balaban J connectivity index is 1.70. The number of nitrogens with two attached hydrogens (primary N) is 2. The molecule has 4 rings (SSSR count). The van der Waals surface area contributed by atoms with Crippen LogP contribution in [0.2, 0.25) is 0 Å². The topological polar surface area (TPSA) is 130 Å². The van der Waals surface area contributed by atoms with Crippen molar-refractivity contribution in [2.24, 2.45) is 5.73 Å². The number of nitrogens with one attached hydrogen (secondary N) is 1. The number of anilines is 3. The number of carbonyl (C=O) groups excluding carboxylic acids is 1. The molecule has 0 aliphatic carbocycles. The van der Waals surface area contributed by atoms with Gasteiger partial charge in [0.15, 0.2) is 23.1 Å². The fourth-order valence-corrected chi connectivity index (χ4v) is 3.79. The molecule has 172 valence electrons. The Morgan fingerprint density at radius 2 is 2.00 bits per heavy atom. The standard InChI is InChI=1S/C22H21F3N6O2/c23-12-3-4-17(32)19(25)18(12)20-13(24)8-14(27)21(30-20)22(33)29-15-9-28-6-5-16(15)31-7-1-2-11(26)10-31/h3-6,8-9,11,32H,1-2,7,10,26-27H2,(H,29,33)/t11-/m0/s1. The third-order valence-electron chi connectivity index (χ3n) is 5.37. The molecule has 1 saturated heterocycles. The van der Waals surface area contributed by atoms with Gasteiger partial charge in [-0.1, -0.05) is 0 Å². The number of carbonyl (C=O) groups is 1. The van der Waals surface area contributed by atoms with Gasteiger partial charge in [-0.25, -0.2) is 18.2 Å². The molecule has 8 nitrogen and oxygen atoms in total. The van der Waals surface area contributed by atoms with Crippen molar-refractivity contribution in [1.29, 1.82) is 0 Å². The molecule has 3 aromatic rings. The van der Waals surface area contributed by atoms with Gasteiger partial charge in [0.2, 0.25) is 0 Å². The van der Waals surface area contributed by atoms with Crippen molar-refractivity contribution < 1.29 is 23.1 Å². The summed E-state index contributed by atoms with van der Waals surface area (Å²) in [5.74, 6) is -5.45. The first-order valence-corrected chi connectivity index (χ1v) is 10.2. The molecule has 2 aromatic heterocycles. The van der Waals surface area contributed by atoms with Gasteiger partial charge in [-0.3, -0.25) is 9.78 Å². The normalized spacial score (nSPS) is 16.0. The van der Waals surface area contributed by atoms with Gasteiger partial charge in [0.1, 0.15) is 11.5 Å². The zero-order chi connectivity index (χ0) is 23.7. The van der Waals surface area contributed by atoms with E-state index in [0.29, 0.717) is 17.9 Å². The number of phenols is 1. The smallest absolute Gasteiger partial charge is 0.276 e. The second kappa shape index (κ2) is 8.94. The van der Waals surface area contributed by atoms with E-state index in [0.717, 1.165) is 37.6 Å². The Labute approximate surface area is 187 Å². The summed E-state index contributed by atoms with van der Waals surface area (Å²) in [6.45, 7) is 1.32. The van der Waals surface area contributed by atoms with E-state index in [9.17, 15) is 23.1 Å². The Bertz CT molecular complexity index is 1220. The first-order valence-electron chi connectivity index (χ1n) is 10.2. The number of hydrogen-bond donors (Lipinski definition) is 4. The molecule has 1 atom stereocenters. The van der Waals surface area contributed by atoms with Gasteiger partial charge in [0.25, 0.3) is 5.91 Å². The highest BCUT2D eigenvalue weighted by molar-refractivity contribution is 6.08. The maximum atomic E-state index is 14.5. The van der Waals surface area contributed by atoms with E-state index in [4.69, 9.17) is 11.5 Å². The van der Waals surface area contributed by atoms with Gasteiger partial charge < -0.3 is 26.8 Å². The number of aromatic hydroxyl groups is 1. The summed E-state index contributed by atoms with van der Waals surface area (Å²) in [5.41, 5.74) is 10.4. The number of nitrogen functional groups attached to an aromatic ring is 1. The number of phenolic OH excluding ortho intramolecular Hbond substituents is 1. The van der Waals surface area contributed by atoms with Crippen LogP contribution in [0.4, 0.5) is 30.2 Å². The van der Waals surface area contributed by atoms with E-state index < -0.39 is 46.1 Å². The third kappa shape index (κ3) is 4.40. The lowest BCUT2D eigenvalue weighted by molar-refractivity contribution is 0.102. The van der Waals surface area contributed by atoms with E-state index in [2.05, 4.69) is 15.3 Å². The van der Waals surface area contributed by atoms with Gasteiger partial charge in [-0.05, 0) is 31.0 Å². The maximum absolute atomic E-state index is 14.5. The second-order valence-corrected chi connectivity index (χ2v) is 7.71. The molecule has 1 aromatic carbocycles. The summed E-state index contributed by atoms with van der Waals surface area (Å²) in [7, 11) is 0. The Morgan fingerprint density at radius 1 is 1.21 bits per heavy atom. The van der Waals surface area contributed by atoms with Crippen LogP contribution in [0.1, 0.15) is 23.3 Å². The first kappa shape index (κ1) is 22.3. The number of aromatic nitrogens is 2. The van der Waals surface area contributed by atoms with Gasteiger partial charge in [0.05, 0.1) is 28.8 Å². The number of pyridine rings is 2. The minimum Gasteiger partial charge on any atom is -0.505 e. The lowest BCUT2D eigenvalue weighted by atomic mass is 10.1. The molecule has 0 saturated carbocycles. The lowest BCUT2D eigenvalue weighted by Crippen LogP contribution is -2.43. The van der Waals surface area contributed by atoms with E-state index in [1.807, 2.05) is 4.90 Å². The zero-order valence-electron chi connectivity index (χ0n) is 17.4. The Morgan fingerprint density at radius 3 is 2.76 bits per heavy atom.